The Labute approximate surface area is 233 Å². The molecule has 2 aromatic carbocycles. The Hall–Kier alpha value is -4.62. The molecule has 0 spiro atoms. The number of hydrogen-bond acceptors (Lipinski definition) is 7. The second-order valence-corrected chi connectivity index (χ2v) is 11.9. The van der Waals surface area contributed by atoms with Gasteiger partial charge in [-0.2, -0.15) is 9.40 Å². The first-order chi connectivity index (χ1) is 19.5. The maximum atomic E-state index is 14.0. The Morgan fingerprint density at radius 2 is 1.85 bits per heavy atom. The van der Waals surface area contributed by atoms with Crippen molar-refractivity contribution in [3.05, 3.63) is 94.4 Å². The first-order valence-electron chi connectivity index (χ1n) is 12.6. The minimum Gasteiger partial charge on any atom is -0.433 e. The molecule has 0 bridgehead atoms. The maximum absolute atomic E-state index is 14.0. The van der Waals surface area contributed by atoms with Crippen molar-refractivity contribution in [3.63, 3.8) is 0 Å². The SMILES string of the molecule is Cc1cc(Oc2c(F)cccc2F)ncc1-n1ncc(C(=O)c2cc3cc4c(cc3[nH]2)CN(S(C)(=O)=O)CC4)c1N. The molecule has 3 N–H and O–H groups in total. The van der Waals surface area contributed by atoms with Crippen LogP contribution in [-0.2, 0) is 23.0 Å². The molecule has 0 aliphatic carbocycles. The predicted octanol–water partition coefficient (Wildman–Crippen LogP) is 4.26. The number of nitrogen functional groups attached to an aromatic ring is 1. The molecule has 5 aromatic rings. The molecule has 0 atom stereocenters. The Morgan fingerprint density at radius 1 is 1.10 bits per heavy atom. The zero-order chi connectivity index (χ0) is 29.1. The zero-order valence-electron chi connectivity index (χ0n) is 22.0. The number of nitrogens with two attached hydrogens (primary N) is 1. The van der Waals surface area contributed by atoms with Gasteiger partial charge >= 0.3 is 0 Å². The van der Waals surface area contributed by atoms with Crippen LogP contribution in [0, 0.1) is 18.6 Å². The van der Waals surface area contributed by atoms with Crippen molar-refractivity contribution >= 4 is 32.5 Å². The van der Waals surface area contributed by atoms with Crippen molar-refractivity contribution in [2.45, 2.75) is 19.9 Å². The van der Waals surface area contributed by atoms with Gasteiger partial charge in [0, 0.05) is 30.1 Å². The third-order valence-corrected chi connectivity index (χ3v) is 8.34. The summed E-state index contributed by atoms with van der Waals surface area (Å²) in [6.45, 7) is 2.40. The van der Waals surface area contributed by atoms with E-state index in [-0.39, 0.29) is 29.6 Å². The number of carbonyl (C=O) groups excluding carboxylic acids is 1. The number of sulfonamides is 1. The van der Waals surface area contributed by atoms with Gasteiger partial charge in [-0.15, -0.1) is 0 Å². The number of aromatic nitrogens is 4. The zero-order valence-corrected chi connectivity index (χ0v) is 22.8. The number of rotatable bonds is 6. The summed E-state index contributed by atoms with van der Waals surface area (Å²) < 4.78 is 60.0. The van der Waals surface area contributed by atoms with Gasteiger partial charge < -0.3 is 15.5 Å². The number of anilines is 1. The van der Waals surface area contributed by atoms with E-state index in [1.807, 2.05) is 12.1 Å². The number of nitrogens with one attached hydrogen (secondary N) is 1. The van der Waals surface area contributed by atoms with E-state index in [0.29, 0.717) is 35.4 Å². The molecule has 6 rings (SSSR count). The second kappa shape index (κ2) is 9.78. The van der Waals surface area contributed by atoms with Crippen LogP contribution >= 0.6 is 0 Å². The van der Waals surface area contributed by atoms with E-state index in [4.69, 9.17) is 10.5 Å². The topological polar surface area (TPSA) is 136 Å². The predicted molar refractivity (Wildman–Crippen MR) is 148 cm³/mol. The average Bonchev–Trinajstić information content (AvgIpc) is 3.51. The van der Waals surface area contributed by atoms with Crippen LogP contribution in [0.4, 0.5) is 14.6 Å². The third kappa shape index (κ3) is 4.83. The van der Waals surface area contributed by atoms with E-state index in [9.17, 15) is 22.0 Å². The number of hydrogen-bond donors (Lipinski definition) is 2. The number of para-hydroxylation sites is 1. The fraction of sp³-hybridized carbons (Fsp3) is 0.179. The highest BCUT2D eigenvalue weighted by atomic mass is 32.2. The molecule has 10 nitrogen and oxygen atoms in total. The lowest BCUT2D eigenvalue weighted by Gasteiger charge is -2.26. The number of ether oxygens (including phenoxy) is 1. The Kier molecular flexibility index (Phi) is 6.35. The fourth-order valence-electron chi connectivity index (χ4n) is 4.93. The number of carbonyl (C=O) groups is 1. The minimum absolute atomic E-state index is 0.0299. The molecule has 1 aliphatic heterocycles. The van der Waals surface area contributed by atoms with Crippen molar-refractivity contribution in [3.8, 4) is 17.3 Å². The summed E-state index contributed by atoms with van der Waals surface area (Å²) in [5.41, 5.74) is 10.5. The Bertz CT molecular complexity index is 1950. The summed E-state index contributed by atoms with van der Waals surface area (Å²) in [5, 5.41) is 5.10. The van der Waals surface area contributed by atoms with Crippen LogP contribution in [0.3, 0.4) is 0 Å². The quantitative estimate of drug-likeness (QED) is 0.287. The van der Waals surface area contributed by atoms with Crippen molar-refractivity contribution < 1.29 is 26.7 Å². The van der Waals surface area contributed by atoms with Gasteiger partial charge in [-0.05, 0) is 60.4 Å². The number of fused-ring (bicyclic) bond motifs is 2. The lowest BCUT2D eigenvalue weighted by Crippen LogP contribution is -2.35. The van der Waals surface area contributed by atoms with Crippen molar-refractivity contribution in [1.82, 2.24) is 24.1 Å². The Balaban J connectivity index is 1.27. The van der Waals surface area contributed by atoms with Crippen LogP contribution in [0.15, 0.2) is 54.9 Å². The maximum Gasteiger partial charge on any atom is 0.219 e. The van der Waals surface area contributed by atoms with Gasteiger partial charge in [-0.3, -0.25) is 4.79 Å². The molecule has 0 amide bonds. The van der Waals surface area contributed by atoms with Crippen LogP contribution < -0.4 is 10.5 Å². The van der Waals surface area contributed by atoms with Crippen LogP contribution in [0.5, 0.6) is 11.6 Å². The van der Waals surface area contributed by atoms with E-state index < -0.39 is 27.4 Å². The van der Waals surface area contributed by atoms with E-state index in [1.54, 1.807) is 13.0 Å². The summed E-state index contributed by atoms with van der Waals surface area (Å²) in [4.78, 5) is 20.7. The molecule has 41 heavy (non-hydrogen) atoms. The number of nitrogens with zero attached hydrogens (tertiary/aromatic N) is 4. The summed E-state index contributed by atoms with van der Waals surface area (Å²) >= 11 is 0. The average molecular weight is 579 g/mol. The van der Waals surface area contributed by atoms with Crippen molar-refractivity contribution in [2.24, 2.45) is 0 Å². The van der Waals surface area contributed by atoms with E-state index in [2.05, 4.69) is 15.1 Å². The number of H-pyrrole nitrogens is 1. The normalized spacial score (nSPS) is 13.9. The van der Waals surface area contributed by atoms with Gasteiger partial charge in [0.05, 0.1) is 35.6 Å². The van der Waals surface area contributed by atoms with Gasteiger partial charge in [-0.25, -0.2) is 26.9 Å². The van der Waals surface area contributed by atoms with E-state index in [1.165, 1.54) is 39.8 Å². The van der Waals surface area contributed by atoms with Crippen LogP contribution in [0.25, 0.3) is 16.6 Å². The van der Waals surface area contributed by atoms with Crippen molar-refractivity contribution in [2.75, 3.05) is 18.5 Å². The molecule has 4 heterocycles. The van der Waals surface area contributed by atoms with E-state index in [0.717, 1.165) is 28.6 Å². The highest BCUT2D eigenvalue weighted by molar-refractivity contribution is 7.88. The largest absolute Gasteiger partial charge is 0.433 e. The number of ketones is 1. The molecule has 0 saturated heterocycles. The molecule has 0 unspecified atom stereocenters. The van der Waals surface area contributed by atoms with Gasteiger partial charge in [0.2, 0.25) is 27.4 Å². The number of aryl methyl sites for hydroxylation is 1. The summed E-state index contributed by atoms with van der Waals surface area (Å²) in [6, 6.07) is 10.4. The first kappa shape index (κ1) is 26.6. The molecular weight excluding hydrogens is 554 g/mol. The highest BCUT2D eigenvalue weighted by Crippen LogP contribution is 2.30. The number of pyridine rings is 1. The minimum atomic E-state index is -3.31. The van der Waals surface area contributed by atoms with Crippen LogP contribution in [-0.4, -0.2) is 51.1 Å². The van der Waals surface area contributed by atoms with Gasteiger partial charge in [0.15, 0.2) is 11.6 Å². The highest BCUT2D eigenvalue weighted by Gasteiger charge is 2.25. The lowest BCUT2D eigenvalue weighted by molar-refractivity contribution is 0.103. The second-order valence-electron chi connectivity index (χ2n) is 9.88. The molecular formula is C28H24F2N6O4S. The summed E-state index contributed by atoms with van der Waals surface area (Å²) in [7, 11) is -3.31. The van der Waals surface area contributed by atoms with Gasteiger partial charge in [0.1, 0.15) is 5.82 Å². The van der Waals surface area contributed by atoms with Crippen molar-refractivity contribution in [1.29, 1.82) is 0 Å². The molecule has 1 aliphatic rings. The smallest absolute Gasteiger partial charge is 0.219 e. The van der Waals surface area contributed by atoms with Crippen LogP contribution in [0.2, 0.25) is 0 Å². The third-order valence-electron chi connectivity index (χ3n) is 7.09. The molecule has 210 valence electrons. The number of benzene rings is 2. The monoisotopic (exact) mass is 578 g/mol. The first-order valence-corrected chi connectivity index (χ1v) is 14.4. The van der Waals surface area contributed by atoms with Gasteiger partial charge in [-0.1, -0.05) is 6.07 Å². The molecule has 13 heteroatoms. The van der Waals surface area contributed by atoms with Gasteiger partial charge in [0.25, 0.3) is 0 Å². The molecule has 3 aromatic heterocycles. The Morgan fingerprint density at radius 3 is 2.56 bits per heavy atom. The van der Waals surface area contributed by atoms with Crippen LogP contribution in [0.1, 0.15) is 32.7 Å². The molecule has 0 fully saturated rings. The fourth-order valence-corrected chi connectivity index (χ4v) is 5.72. The number of aromatic amines is 1. The molecule has 0 radical (unpaired) electrons. The molecule has 0 saturated carbocycles. The standard InChI is InChI=1S/C28H24F2N6O4S/c1-15-8-25(40-27-20(29)4-3-5-21(27)30)32-13-24(15)36-28(31)19(12-33-36)26(37)23-10-17-9-16-6-7-35(41(2,38)39)14-18(16)11-22(17)34-23/h3-5,8-13,34H,6-7,14,31H2,1-2H3. The van der Waals surface area contributed by atoms with E-state index >= 15 is 0 Å². The lowest BCUT2D eigenvalue weighted by atomic mass is 9.99. The summed E-state index contributed by atoms with van der Waals surface area (Å²) in [6.07, 6.45) is 4.52. The number of halogens is 2. The summed E-state index contributed by atoms with van der Waals surface area (Å²) in [5.74, 6) is -2.61.